The van der Waals surface area contributed by atoms with E-state index in [4.69, 9.17) is 45.8 Å². The van der Waals surface area contributed by atoms with Crippen molar-refractivity contribution >= 4 is 74.9 Å². The van der Waals surface area contributed by atoms with Gasteiger partial charge in [-0.15, -0.1) is 0 Å². The highest BCUT2D eigenvalue weighted by Crippen LogP contribution is 2.55. The van der Waals surface area contributed by atoms with Crippen LogP contribution in [0.5, 0.6) is 40.2 Å². The van der Waals surface area contributed by atoms with Gasteiger partial charge in [0.05, 0.1) is 47.6 Å². The number of benzene rings is 4. The largest absolute Gasteiger partial charge is 0.507 e. The lowest BCUT2D eigenvalue weighted by Crippen LogP contribution is -2.64. The average Bonchev–Trinajstić information content (AvgIpc) is 1.02. The third-order valence-electron chi connectivity index (χ3n) is 26.7. The van der Waals surface area contributed by atoms with Crippen LogP contribution in [0, 0.1) is 36.5 Å². The number of ether oxygens (including phenoxy) is 6. The number of hydrogen-bond acceptors (Lipinski definition) is 29. The number of nitrogens with one attached hydrogen (secondary N) is 12. The Labute approximate surface area is 768 Å². The summed E-state index contributed by atoms with van der Waals surface area (Å²) in [6.45, 7) is 8.64. The minimum atomic E-state index is -3.75. The van der Waals surface area contributed by atoms with E-state index in [0.29, 0.717) is 37.5 Å². The number of aliphatic hydroxyl groups is 6. The number of carbonyl (C=O) groups is 9. The van der Waals surface area contributed by atoms with Crippen LogP contribution in [0.2, 0.25) is 0 Å². The number of sulfonamides is 1. The summed E-state index contributed by atoms with van der Waals surface area (Å²) in [6, 6.07) is -5.27. The van der Waals surface area contributed by atoms with Crippen molar-refractivity contribution in [3.63, 3.8) is 0 Å². The van der Waals surface area contributed by atoms with Gasteiger partial charge in [-0.2, -0.15) is 0 Å². The SMILES string of the molecule is CCCCCCCS(=O)(=O)NCCNCc1c(O)cc2c(c1O)-c1cc(ccc1O)[C@H]1NC(=O)[C@@H]3NC(=O)[C@H](CC(=O)NC(=O)NC4CC4)NC(=O)[C@H](NC(=O)[C@@H](CC(C)C)NC)[C@H](O)c4ccc(c(C)c4)Oc4cc3cc(c4O[C@@H]3O[C@H](CO)[C@@H](O)[C@H](O)[C@H]3O[C@H]3C[C@](C)(N)[C@H](O)[C@H](C)O3)O[C@@H]3CC=C(C=C3Cl)[C@@H](O)[C@H](NC1=O)C(=O)N[C@@H]2C(=O)NC1C2CC3CC(C2)CC1C3. The lowest BCUT2D eigenvalue weighted by atomic mass is 9.54. The normalized spacial score (nSPS) is 31.3. The Morgan fingerprint density at radius 3 is 2.11 bits per heavy atom. The number of phenolic OH excluding ortho intramolecular Hbond substituents is 3. The number of aromatic hydroxyl groups is 3. The van der Waals surface area contributed by atoms with Crippen LogP contribution in [0.25, 0.3) is 11.1 Å². The first-order valence-corrected chi connectivity index (χ1v) is 47.4. The minimum absolute atomic E-state index is 0.0110. The molecule has 23 N–H and O–H groups in total. The number of fused-ring (bicyclic) bond motifs is 14. The highest BCUT2D eigenvalue weighted by molar-refractivity contribution is 7.89. The molecule has 17 rings (SSSR count). The van der Waals surface area contributed by atoms with E-state index in [0.717, 1.165) is 87.8 Å². The van der Waals surface area contributed by atoms with E-state index in [1.807, 2.05) is 20.8 Å². The first-order chi connectivity index (χ1) is 62.8. The number of phenols is 3. The van der Waals surface area contributed by atoms with Gasteiger partial charge in [0, 0.05) is 61.2 Å². The Hall–Kier alpha value is -9.89. The highest BCUT2D eigenvalue weighted by Gasteiger charge is 2.54. The van der Waals surface area contributed by atoms with Crippen LogP contribution in [0.3, 0.4) is 0 Å². The van der Waals surface area contributed by atoms with Crippen molar-refractivity contribution in [3.8, 4) is 51.4 Å². The van der Waals surface area contributed by atoms with Crippen molar-refractivity contribution < 1.29 is 126 Å². The number of aliphatic hydroxyl groups excluding tert-OH is 6. The summed E-state index contributed by atoms with van der Waals surface area (Å²) in [5.41, 5.74) is 2.89. The fraction of sp³-hybridized carbons (Fsp3) is 0.593. The fourth-order valence-corrected chi connectivity index (χ4v) is 21.1. The summed E-state index contributed by atoms with van der Waals surface area (Å²) in [4.78, 5) is 139. The number of urea groups is 1. The van der Waals surface area contributed by atoms with E-state index in [1.54, 1.807) is 0 Å². The number of hydrogen-bond donors (Lipinski definition) is 22. The molecule has 2 saturated heterocycles. The molecule has 0 aromatic heterocycles. The molecular formula is C91H122ClN13O26S. The minimum Gasteiger partial charge on any atom is -0.507 e. The Kier molecular flexibility index (Phi) is 30.9. The molecule has 6 aliphatic carbocycles. The van der Waals surface area contributed by atoms with Crippen molar-refractivity contribution in [2.75, 3.05) is 32.5 Å². The first-order valence-electron chi connectivity index (χ1n) is 45.4. The van der Waals surface area contributed by atoms with Gasteiger partial charge in [-0.3, -0.25) is 43.7 Å². The van der Waals surface area contributed by atoms with E-state index in [-0.39, 0.29) is 106 Å². The van der Waals surface area contributed by atoms with Gasteiger partial charge < -0.3 is 133 Å². The van der Waals surface area contributed by atoms with Gasteiger partial charge in [-0.05, 0) is 197 Å². The molecule has 15 bridgehead atoms. The zero-order valence-electron chi connectivity index (χ0n) is 74.5. The Bertz CT molecular complexity index is 5170. The zero-order valence-corrected chi connectivity index (χ0v) is 76.0. The van der Waals surface area contributed by atoms with Crippen LogP contribution in [-0.4, -0.2) is 243 Å². The molecule has 720 valence electrons. The molecule has 4 aromatic carbocycles. The molecule has 0 radical (unpaired) electrons. The number of halogens is 1. The van der Waals surface area contributed by atoms with Gasteiger partial charge >= 0.3 is 6.03 Å². The van der Waals surface area contributed by atoms with E-state index < -0.39 is 255 Å². The lowest BCUT2D eigenvalue weighted by Gasteiger charge is -2.54. The number of unbranched alkanes of at least 4 members (excludes halogenated alkanes) is 4. The smallest absolute Gasteiger partial charge is 0.321 e. The zero-order chi connectivity index (χ0) is 94.8. The standard InChI is InChI=1S/C91H122ClN13O26S/c1-8-9-10-11-12-23-132(124,125)96-22-21-95-38-54-59(108)35-53-67(76(54)112)52-31-45(13-18-58(52)107)69-84(118)105-73(88(122)103-71(53)86(120)100-68-48-27-43-26-44(29-48)30-49(68)28-43)75(111)47-15-20-61(55(92)32-47)128-63-34-50-33-62(79(63)131-89-80(78(114)77(113)64(39-106)129-89)130-66-37-91(6,93)81(115)42(5)126-66)127-60-19-14-46(25-41(60)4)74(110)72(104-82(116)56(94-7)24-40(2)3)87(121)98-57(83(117)101-70(50)85(119)102-69)36-65(109)99-90(123)97-51-16-17-51/h13-15,18-19,25,31-35,40,42-44,48-49,51,56-57,61,64,66,68-75,77-78,80-81,89,94-96,106-108,110-115H,8-12,16-17,20-24,26-30,36-39,93H2,1-7H3,(H,98,121)(H,100,120)(H,101,117)(H,102,119)(H,103,122)(H,104,116)(H,105,118)(H2,97,99,109,123)/t42-,43?,44?,48?,49?,56+,57-,61+,64+,66-,68?,69+,70+,71-,72+,73-,74+,75+,77+,78-,80+,81+,89-,91-/m0/s1. The third-order valence-corrected chi connectivity index (χ3v) is 28.5. The second-order valence-corrected chi connectivity index (χ2v) is 39.7. The van der Waals surface area contributed by atoms with E-state index in [2.05, 4.69) is 63.2 Å². The molecule has 41 heteroatoms. The number of rotatable bonds is 27. The van der Waals surface area contributed by atoms with Gasteiger partial charge in [0.1, 0.15) is 95.9 Å². The number of amides is 10. The van der Waals surface area contributed by atoms with Crippen molar-refractivity contribution in [1.82, 2.24) is 63.2 Å². The molecule has 39 nitrogen and oxygen atoms in total. The van der Waals surface area contributed by atoms with Gasteiger partial charge in [0.25, 0.3) is 0 Å². The molecule has 132 heavy (non-hydrogen) atoms. The topological polar surface area (TPSA) is 596 Å². The lowest BCUT2D eigenvalue weighted by molar-refractivity contribution is -0.333. The summed E-state index contributed by atoms with van der Waals surface area (Å²) in [6.07, 6.45) is -8.59. The predicted molar refractivity (Wildman–Crippen MR) is 474 cm³/mol. The summed E-state index contributed by atoms with van der Waals surface area (Å²) < 4.78 is 68.5. The quantitative estimate of drug-likeness (QED) is 0.0380. The fourth-order valence-electron chi connectivity index (χ4n) is 19.7. The van der Waals surface area contributed by atoms with Crippen molar-refractivity contribution in [2.24, 2.45) is 35.3 Å². The van der Waals surface area contributed by atoms with E-state index in [1.165, 1.54) is 58.2 Å². The van der Waals surface area contributed by atoms with E-state index >= 15 is 28.8 Å². The molecule has 7 fully saturated rings. The first kappa shape index (κ1) is 98.1. The van der Waals surface area contributed by atoms with Crippen molar-refractivity contribution in [1.29, 1.82) is 0 Å². The molecule has 10 amide bonds. The second-order valence-electron chi connectivity index (χ2n) is 37.4. The molecule has 0 spiro atoms. The molecule has 7 heterocycles. The molecule has 0 unspecified atom stereocenters. The number of aryl methyl sites for hydroxylation is 1. The molecule has 5 saturated carbocycles. The molecule has 13 aliphatic rings. The van der Waals surface area contributed by atoms with Gasteiger partial charge in [-0.25, -0.2) is 17.9 Å². The van der Waals surface area contributed by atoms with Crippen LogP contribution in [0.4, 0.5) is 4.79 Å². The van der Waals surface area contributed by atoms with Gasteiger partial charge in [-0.1, -0.05) is 76.3 Å². The second kappa shape index (κ2) is 41.5. The summed E-state index contributed by atoms with van der Waals surface area (Å²) in [5, 5.41) is 139. The number of imide groups is 1. The van der Waals surface area contributed by atoms with Gasteiger partial charge in [0.15, 0.2) is 23.9 Å². The van der Waals surface area contributed by atoms with Crippen LogP contribution >= 0.6 is 11.6 Å². The Morgan fingerprint density at radius 1 is 0.742 bits per heavy atom. The number of carbonyl (C=O) groups excluding carboxylic acids is 9. The van der Waals surface area contributed by atoms with Crippen LogP contribution in [-0.2, 0) is 69.1 Å². The van der Waals surface area contributed by atoms with Crippen molar-refractivity contribution in [3.05, 3.63) is 111 Å². The number of likely N-dealkylation sites (N-methyl/N-ethyl adjacent to an activating group) is 1. The van der Waals surface area contributed by atoms with Crippen molar-refractivity contribution in [2.45, 2.75) is 278 Å². The maximum Gasteiger partial charge on any atom is 0.321 e. The summed E-state index contributed by atoms with van der Waals surface area (Å²) in [7, 11) is -2.26. The highest BCUT2D eigenvalue weighted by atomic mass is 35.5. The number of nitrogens with two attached hydrogens (primary N) is 1. The van der Waals surface area contributed by atoms with Crippen LogP contribution in [0.1, 0.15) is 195 Å². The molecule has 7 aliphatic heterocycles. The maximum absolute atomic E-state index is 16.8. The molecular weight excluding hydrogens is 1760 g/mol. The molecule has 19 atom stereocenters. The maximum atomic E-state index is 16.8. The monoisotopic (exact) mass is 1880 g/mol. The van der Waals surface area contributed by atoms with Crippen LogP contribution < -0.4 is 83.2 Å². The summed E-state index contributed by atoms with van der Waals surface area (Å²) >= 11 is 7.41. The average molecular weight is 1880 g/mol. The van der Waals surface area contributed by atoms with Gasteiger partial charge in [0.2, 0.25) is 69.3 Å². The van der Waals surface area contributed by atoms with E-state index in [9.17, 15) is 68.8 Å². The Balaban J connectivity index is 0.952. The Morgan fingerprint density at radius 2 is 1.43 bits per heavy atom. The predicted octanol–water partition coefficient (Wildman–Crippen LogP) is 2.18. The summed E-state index contributed by atoms with van der Waals surface area (Å²) in [5.74, 6) is -13.1. The third kappa shape index (κ3) is 22.4. The molecule has 4 aromatic rings. The van der Waals surface area contributed by atoms with Crippen LogP contribution in [0.15, 0.2) is 77.4 Å².